The molecule has 3 nitrogen and oxygen atoms in total. The largest absolute Gasteiger partial charge is 0.436 e. The van der Waals surface area contributed by atoms with Crippen molar-refractivity contribution in [3.8, 4) is 0 Å². The van der Waals surface area contributed by atoms with Crippen LogP contribution in [-0.4, -0.2) is 19.7 Å². The first-order valence-corrected chi connectivity index (χ1v) is 9.72. The van der Waals surface area contributed by atoms with E-state index in [4.69, 9.17) is 0 Å². The van der Waals surface area contributed by atoms with Gasteiger partial charge in [-0.3, -0.25) is 0 Å². The molecule has 138 valence electrons. The highest BCUT2D eigenvalue weighted by Gasteiger charge is 2.36. The fourth-order valence-corrected chi connectivity index (χ4v) is 3.73. The molecule has 0 N–H and O–H groups in total. The van der Waals surface area contributed by atoms with Crippen LogP contribution < -0.4 is 0 Å². The summed E-state index contributed by atoms with van der Waals surface area (Å²) in [6.07, 6.45) is -0.639. The van der Waals surface area contributed by atoms with Gasteiger partial charge in [0.1, 0.15) is 0 Å². The van der Waals surface area contributed by atoms with Crippen LogP contribution >= 0.6 is 0 Å². The molecule has 0 atom stereocenters. The zero-order valence-electron chi connectivity index (χ0n) is 13.8. The Hall–Kier alpha value is -2.22. The second kappa shape index (κ2) is 6.50. The number of benzene rings is 1. The number of alkyl halides is 3. The lowest BCUT2D eigenvalue weighted by atomic mass is 9.98. The van der Waals surface area contributed by atoms with Gasteiger partial charge in [0.2, 0.25) is 0 Å². The molecule has 0 radical (unpaired) electrons. The quantitative estimate of drug-likeness (QED) is 0.717. The Balaban J connectivity index is 2.02. The lowest BCUT2D eigenvalue weighted by Gasteiger charge is -2.11. The fraction of sp³-hybridized carbons (Fsp3) is 0.278. The molecule has 8 heteroatoms. The number of aromatic nitrogens is 1. The van der Waals surface area contributed by atoms with Crippen molar-refractivity contribution in [2.24, 2.45) is 0 Å². The van der Waals surface area contributed by atoms with E-state index in [1.807, 2.05) is 0 Å². The van der Waals surface area contributed by atoms with Crippen LogP contribution in [0.1, 0.15) is 36.1 Å². The number of hydrogen-bond donors (Lipinski definition) is 0. The standard InChI is InChI=1S/C18H15F4NO2S/c1-26(24,25)13-7-5-11(6-8-13)14-3-2-4-15(14)12-9-16(19)17(23-10-12)18(20,21)22/h5-10H,2-4H2,1H3. The molecule has 1 heterocycles. The summed E-state index contributed by atoms with van der Waals surface area (Å²) >= 11 is 0. The fourth-order valence-electron chi connectivity index (χ4n) is 3.10. The van der Waals surface area contributed by atoms with Gasteiger partial charge >= 0.3 is 6.18 Å². The van der Waals surface area contributed by atoms with E-state index in [-0.39, 0.29) is 4.90 Å². The second-order valence-corrected chi connectivity index (χ2v) is 8.18. The maximum absolute atomic E-state index is 13.8. The molecule has 0 unspecified atom stereocenters. The minimum Gasteiger partial charge on any atom is -0.248 e. The number of hydrogen-bond acceptors (Lipinski definition) is 3. The molecule has 0 spiro atoms. The van der Waals surface area contributed by atoms with E-state index in [0.29, 0.717) is 18.4 Å². The van der Waals surface area contributed by atoms with E-state index in [2.05, 4.69) is 4.98 Å². The minimum absolute atomic E-state index is 0.184. The Morgan fingerprint density at radius 2 is 1.58 bits per heavy atom. The lowest BCUT2D eigenvalue weighted by Crippen LogP contribution is -2.11. The van der Waals surface area contributed by atoms with E-state index >= 15 is 0 Å². The summed E-state index contributed by atoms with van der Waals surface area (Å²) in [5.41, 5.74) is 1.16. The van der Waals surface area contributed by atoms with E-state index in [0.717, 1.165) is 41.6 Å². The molecule has 0 fully saturated rings. The molecule has 0 saturated heterocycles. The van der Waals surface area contributed by atoms with Crippen molar-refractivity contribution in [3.05, 3.63) is 59.2 Å². The van der Waals surface area contributed by atoms with E-state index in [1.165, 1.54) is 12.1 Å². The average molecular weight is 385 g/mol. The van der Waals surface area contributed by atoms with Gasteiger partial charge in [0.25, 0.3) is 0 Å². The molecule has 1 aliphatic carbocycles. The molecule has 2 aromatic rings. The molecular formula is C18H15F4NO2S. The number of nitrogens with zero attached hydrogens (tertiary/aromatic N) is 1. The number of sulfone groups is 1. The van der Waals surface area contributed by atoms with Crippen molar-refractivity contribution in [2.75, 3.05) is 6.26 Å². The van der Waals surface area contributed by atoms with Crippen LogP contribution in [0.4, 0.5) is 17.6 Å². The van der Waals surface area contributed by atoms with E-state index < -0.39 is 27.5 Å². The Morgan fingerprint density at radius 3 is 2.08 bits per heavy atom. The van der Waals surface area contributed by atoms with E-state index in [9.17, 15) is 26.0 Å². The van der Waals surface area contributed by atoms with Crippen LogP contribution in [0, 0.1) is 5.82 Å². The number of pyridine rings is 1. The van der Waals surface area contributed by atoms with Crippen molar-refractivity contribution in [1.29, 1.82) is 0 Å². The van der Waals surface area contributed by atoms with Crippen molar-refractivity contribution in [2.45, 2.75) is 30.3 Å². The summed E-state index contributed by atoms with van der Waals surface area (Å²) in [5, 5.41) is 0. The molecule has 0 saturated carbocycles. The molecule has 0 bridgehead atoms. The molecular weight excluding hydrogens is 370 g/mol. The van der Waals surface area contributed by atoms with Gasteiger partial charge < -0.3 is 0 Å². The third-order valence-corrected chi connectivity index (χ3v) is 5.44. The maximum Gasteiger partial charge on any atom is 0.436 e. The van der Waals surface area contributed by atoms with Gasteiger partial charge in [-0.05, 0) is 59.7 Å². The molecule has 3 rings (SSSR count). The second-order valence-electron chi connectivity index (χ2n) is 6.16. The smallest absolute Gasteiger partial charge is 0.248 e. The first kappa shape index (κ1) is 18.6. The van der Waals surface area contributed by atoms with Crippen molar-refractivity contribution in [3.63, 3.8) is 0 Å². The normalized spacial score (nSPS) is 15.6. The maximum atomic E-state index is 13.8. The Kier molecular flexibility index (Phi) is 4.64. The minimum atomic E-state index is -4.84. The first-order valence-electron chi connectivity index (χ1n) is 7.83. The van der Waals surface area contributed by atoms with Crippen LogP contribution in [-0.2, 0) is 16.0 Å². The summed E-state index contributed by atoms with van der Waals surface area (Å²) < 4.78 is 74.9. The van der Waals surface area contributed by atoms with Crippen LogP contribution in [0.15, 0.2) is 41.4 Å². The Bertz CT molecular complexity index is 977. The Morgan fingerprint density at radius 1 is 1.00 bits per heavy atom. The SMILES string of the molecule is CS(=O)(=O)c1ccc(C2=C(c3cnc(C(F)(F)F)c(F)c3)CCC2)cc1. The predicted molar refractivity (Wildman–Crippen MR) is 89.4 cm³/mol. The highest BCUT2D eigenvalue weighted by atomic mass is 32.2. The topological polar surface area (TPSA) is 47.0 Å². The lowest BCUT2D eigenvalue weighted by molar-refractivity contribution is -0.143. The number of allylic oxidation sites excluding steroid dienone is 2. The zero-order chi connectivity index (χ0) is 19.1. The van der Waals surface area contributed by atoms with Gasteiger partial charge in [-0.15, -0.1) is 0 Å². The zero-order valence-corrected chi connectivity index (χ0v) is 14.6. The van der Waals surface area contributed by atoms with Crippen molar-refractivity contribution < 1.29 is 26.0 Å². The van der Waals surface area contributed by atoms with Crippen LogP contribution in [0.5, 0.6) is 0 Å². The van der Waals surface area contributed by atoms with Gasteiger partial charge in [0.15, 0.2) is 21.3 Å². The third kappa shape index (κ3) is 3.65. The monoisotopic (exact) mass is 385 g/mol. The molecule has 1 aromatic heterocycles. The molecule has 1 aromatic carbocycles. The average Bonchev–Trinajstić information content (AvgIpc) is 3.02. The summed E-state index contributed by atoms with van der Waals surface area (Å²) in [5.74, 6) is -1.40. The van der Waals surface area contributed by atoms with Gasteiger partial charge in [-0.25, -0.2) is 17.8 Å². The Labute approximate surface area is 148 Å². The van der Waals surface area contributed by atoms with Crippen LogP contribution in [0.2, 0.25) is 0 Å². The summed E-state index contributed by atoms with van der Waals surface area (Å²) in [7, 11) is -3.32. The molecule has 26 heavy (non-hydrogen) atoms. The van der Waals surface area contributed by atoms with Crippen molar-refractivity contribution in [1.82, 2.24) is 4.98 Å². The van der Waals surface area contributed by atoms with Gasteiger partial charge in [0.05, 0.1) is 4.90 Å². The summed E-state index contributed by atoms with van der Waals surface area (Å²) in [6, 6.07) is 7.15. The summed E-state index contributed by atoms with van der Waals surface area (Å²) in [6.45, 7) is 0. The van der Waals surface area contributed by atoms with Crippen LogP contribution in [0.25, 0.3) is 11.1 Å². The van der Waals surface area contributed by atoms with E-state index in [1.54, 1.807) is 12.1 Å². The molecule has 0 aliphatic heterocycles. The highest BCUT2D eigenvalue weighted by Crippen LogP contribution is 2.40. The van der Waals surface area contributed by atoms with Gasteiger partial charge in [0, 0.05) is 12.5 Å². The van der Waals surface area contributed by atoms with Gasteiger partial charge in [-0.2, -0.15) is 13.2 Å². The van der Waals surface area contributed by atoms with Gasteiger partial charge in [-0.1, -0.05) is 12.1 Å². The summed E-state index contributed by atoms with van der Waals surface area (Å²) in [4.78, 5) is 3.44. The highest BCUT2D eigenvalue weighted by molar-refractivity contribution is 7.90. The third-order valence-electron chi connectivity index (χ3n) is 4.31. The van der Waals surface area contributed by atoms with Crippen molar-refractivity contribution >= 4 is 21.0 Å². The predicted octanol–water partition coefficient (Wildman–Crippen LogP) is 4.74. The molecule has 0 amide bonds. The molecule has 1 aliphatic rings. The van der Waals surface area contributed by atoms with Crippen LogP contribution in [0.3, 0.4) is 0 Å². The first-order chi connectivity index (χ1) is 12.1. The number of rotatable bonds is 3. The number of halogens is 4.